The molecule has 3 aromatic heterocycles. The molecule has 0 aliphatic heterocycles. The first-order valence-electron chi connectivity index (χ1n) is 8.50. The highest BCUT2D eigenvalue weighted by Crippen LogP contribution is 2.38. The third-order valence-electron chi connectivity index (χ3n) is 4.29. The molecule has 0 radical (unpaired) electrons. The van der Waals surface area contributed by atoms with E-state index < -0.39 is 5.97 Å². The summed E-state index contributed by atoms with van der Waals surface area (Å²) in [6, 6.07) is 3.80. The minimum absolute atomic E-state index is 0.0818. The molecule has 0 spiro atoms. The largest absolute Gasteiger partial charge is 0.465 e. The fourth-order valence-corrected chi connectivity index (χ4v) is 5.02. The Kier molecular flexibility index (Phi) is 4.99. The number of aromatic nitrogens is 4. The Morgan fingerprint density at radius 1 is 1.33 bits per heavy atom. The number of carbonyl (C=O) groups excluding carboxylic acids is 2. The number of nitrogens with zero attached hydrogens (tertiary/aromatic N) is 4. The smallest absolute Gasteiger partial charge is 0.341 e. The van der Waals surface area contributed by atoms with Crippen LogP contribution in [-0.4, -0.2) is 39.2 Å². The molecule has 0 aromatic carbocycles. The van der Waals surface area contributed by atoms with E-state index in [1.165, 1.54) is 34.6 Å². The number of thiophene rings is 2. The van der Waals surface area contributed by atoms with Gasteiger partial charge in [0, 0.05) is 4.88 Å². The highest BCUT2D eigenvalue weighted by molar-refractivity contribution is 7.17. The van der Waals surface area contributed by atoms with Crippen LogP contribution in [0.2, 0.25) is 0 Å². The Bertz CT molecular complexity index is 977. The van der Waals surface area contributed by atoms with E-state index in [0.717, 1.165) is 41.0 Å². The number of hydrogen-bond donors (Lipinski definition) is 1. The fourth-order valence-electron chi connectivity index (χ4n) is 3.08. The summed E-state index contributed by atoms with van der Waals surface area (Å²) in [5, 5.41) is 17.4. The lowest BCUT2D eigenvalue weighted by Gasteiger charge is -2.11. The van der Waals surface area contributed by atoms with Crippen molar-refractivity contribution < 1.29 is 14.3 Å². The van der Waals surface area contributed by atoms with Gasteiger partial charge in [-0.3, -0.25) is 4.79 Å². The van der Waals surface area contributed by atoms with Gasteiger partial charge in [0.05, 0.1) is 17.6 Å². The monoisotopic (exact) mass is 403 g/mol. The zero-order valence-electron chi connectivity index (χ0n) is 14.6. The van der Waals surface area contributed by atoms with Crippen LogP contribution in [0.3, 0.4) is 0 Å². The van der Waals surface area contributed by atoms with Gasteiger partial charge in [0.15, 0.2) is 0 Å². The van der Waals surface area contributed by atoms with Gasteiger partial charge in [-0.05, 0) is 47.9 Å². The van der Waals surface area contributed by atoms with Crippen molar-refractivity contribution in [2.45, 2.75) is 32.2 Å². The first kappa shape index (κ1) is 17.8. The number of hydrogen-bond acceptors (Lipinski definition) is 8. The number of carbonyl (C=O) groups is 2. The summed E-state index contributed by atoms with van der Waals surface area (Å²) < 4.78 is 4.92. The van der Waals surface area contributed by atoms with Crippen molar-refractivity contribution in [3.05, 3.63) is 33.5 Å². The average molecular weight is 403 g/mol. The number of rotatable bonds is 5. The molecule has 140 valence electrons. The third kappa shape index (κ3) is 3.62. The second-order valence-electron chi connectivity index (χ2n) is 6.08. The molecule has 10 heteroatoms. The van der Waals surface area contributed by atoms with Gasteiger partial charge in [0.1, 0.15) is 11.5 Å². The molecule has 0 atom stereocenters. The predicted octanol–water partition coefficient (Wildman–Crippen LogP) is 2.77. The van der Waals surface area contributed by atoms with Crippen molar-refractivity contribution >= 4 is 39.6 Å². The quantitative estimate of drug-likeness (QED) is 0.658. The molecule has 8 nitrogen and oxygen atoms in total. The lowest BCUT2D eigenvalue weighted by Crippen LogP contribution is -2.21. The predicted molar refractivity (Wildman–Crippen MR) is 102 cm³/mol. The summed E-state index contributed by atoms with van der Waals surface area (Å²) in [6.45, 7) is -0.0818. The van der Waals surface area contributed by atoms with Crippen molar-refractivity contribution in [1.82, 2.24) is 20.2 Å². The highest BCUT2D eigenvalue weighted by atomic mass is 32.1. The van der Waals surface area contributed by atoms with Crippen LogP contribution in [0, 0.1) is 0 Å². The first-order valence-corrected chi connectivity index (χ1v) is 10.2. The van der Waals surface area contributed by atoms with Gasteiger partial charge in [-0.1, -0.05) is 6.07 Å². The van der Waals surface area contributed by atoms with Crippen LogP contribution in [0.15, 0.2) is 17.5 Å². The molecule has 0 saturated heterocycles. The Morgan fingerprint density at radius 3 is 2.96 bits per heavy atom. The third-order valence-corrected chi connectivity index (χ3v) is 6.37. The molecule has 0 fully saturated rings. The van der Waals surface area contributed by atoms with E-state index in [4.69, 9.17) is 4.74 Å². The average Bonchev–Trinajstić information content (AvgIpc) is 3.40. The second-order valence-corrected chi connectivity index (χ2v) is 8.13. The van der Waals surface area contributed by atoms with Gasteiger partial charge >= 0.3 is 5.97 Å². The van der Waals surface area contributed by atoms with Crippen LogP contribution >= 0.6 is 22.7 Å². The molecule has 27 heavy (non-hydrogen) atoms. The van der Waals surface area contributed by atoms with E-state index in [2.05, 4.69) is 20.7 Å². The maximum Gasteiger partial charge on any atom is 0.341 e. The molecule has 1 N–H and O–H groups in total. The number of esters is 1. The van der Waals surface area contributed by atoms with Gasteiger partial charge in [0.2, 0.25) is 11.7 Å². The van der Waals surface area contributed by atoms with Crippen LogP contribution in [-0.2, 0) is 28.9 Å². The van der Waals surface area contributed by atoms with E-state index in [9.17, 15) is 9.59 Å². The summed E-state index contributed by atoms with van der Waals surface area (Å²) in [5.74, 6) is -0.239. The Morgan fingerprint density at radius 2 is 2.19 bits per heavy atom. The summed E-state index contributed by atoms with van der Waals surface area (Å²) >= 11 is 2.96. The maximum absolute atomic E-state index is 12.5. The molecule has 1 aliphatic carbocycles. The summed E-state index contributed by atoms with van der Waals surface area (Å²) in [6.07, 6.45) is 3.89. The molecule has 3 heterocycles. The Labute approximate surface area is 163 Å². The number of amides is 1. The van der Waals surface area contributed by atoms with E-state index in [0.29, 0.717) is 16.4 Å². The van der Waals surface area contributed by atoms with Gasteiger partial charge in [0.25, 0.3) is 0 Å². The highest BCUT2D eigenvalue weighted by Gasteiger charge is 2.27. The lowest BCUT2D eigenvalue weighted by atomic mass is 9.95. The van der Waals surface area contributed by atoms with E-state index in [1.807, 2.05) is 17.5 Å². The minimum atomic E-state index is -0.413. The molecule has 1 aliphatic rings. The van der Waals surface area contributed by atoms with Crippen molar-refractivity contribution in [2.24, 2.45) is 0 Å². The van der Waals surface area contributed by atoms with Gasteiger partial charge in [-0.15, -0.1) is 32.9 Å². The van der Waals surface area contributed by atoms with Crippen molar-refractivity contribution in [1.29, 1.82) is 0 Å². The molecule has 0 unspecified atom stereocenters. The SMILES string of the molecule is COC(=O)c1c(NC(=O)Cn2nnc(-c3cccs3)n2)sc2c1CCCC2. The molecular weight excluding hydrogens is 386 g/mol. The zero-order valence-corrected chi connectivity index (χ0v) is 16.2. The Hall–Kier alpha value is -2.59. The number of ether oxygens (including phenoxy) is 1. The fraction of sp³-hybridized carbons (Fsp3) is 0.353. The molecule has 4 rings (SSSR count). The van der Waals surface area contributed by atoms with Crippen LogP contribution in [0.25, 0.3) is 10.7 Å². The first-order chi connectivity index (χ1) is 13.2. The molecular formula is C17H17N5O3S2. The van der Waals surface area contributed by atoms with Gasteiger partial charge < -0.3 is 10.1 Å². The molecule has 1 amide bonds. The van der Waals surface area contributed by atoms with E-state index in [-0.39, 0.29) is 12.5 Å². The van der Waals surface area contributed by atoms with Crippen LogP contribution < -0.4 is 5.32 Å². The van der Waals surface area contributed by atoms with Gasteiger partial charge in [-0.2, -0.15) is 4.80 Å². The zero-order chi connectivity index (χ0) is 18.8. The van der Waals surface area contributed by atoms with Crippen LogP contribution in [0.1, 0.15) is 33.6 Å². The molecule has 0 bridgehead atoms. The van der Waals surface area contributed by atoms with Crippen molar-refractivity contribution in [3.63, 3.8) is 0 Å². The maximum atomic E-state index is 12.5. The number of fused-ring (bicyclic) bond motifs is 1. The van der Waals surface area contributed by atoms with Gasteiger partial charge in [-0.25, -0.2) is 4.79 Å². The Balaban J connectivity index is 1.51. The van der Waals surface area contributed by atoms with Crippen LogP contribution in [0.4, 0.5) is 5.00 Å². The van der Waals surface area contributed by atoms with Crippen molar-refractivity contribution in [2.75, 3.05) is 12.4 Å². The number of methoxy groups -OCH3 is 1. The summed E-state index contributed by atoms with van der Waals surface area (Å²) in [5.41, 5.74) is 1.49. The van der Waals surface area contributed by atoms with E-state index in [1.54, 1.807) is 0 Å². The molecule has 0 saturated carbocycles. The molecule has 3 aromatic rings. The normalized spacial score (nSPS) is 13.2. The summed E-state index contributed by atoms with van der Waals surface area (Å²) in [7, 11) is 1.35. The number of anilines is 1. The standard InChI is InChI=1S/C17H17N5O3S2/c1-25-17(24)14-10-5-2-3-6-11(10)27-16(14)18-13(23)9-22-20-15(19-21-22)12-7-4-8-26-12/h4,7-8H,2-3,5-6,9H2,1H3,(H,18,23). The lowest BCUT2D eigenvalue weighted by molar-refractivity contribution is -0.117. The number of aryl methyl sites for hydroxylation is 1. The second kappa shape index (κ2) is 7.57. The minimum Gasteiger partial charge on any atom is -0.465 e. The van der Waals surface area contributed by atoms with Crippen LogP contribution in [0.5, 0.6) is 0 Å². The van der Waals surface area contributed by atoms with E-state index >= 15 is 0 Å². The number of tetrazole rings is 1. The number of nitrogens with one attached hydrogen (secondary N) is 1. The van der Waals surface area contributed by atoms with Crippen molar-refractivity contribution in [3.8, 4) is 10.7 Å². The summed E-state index contributed by atoms with van der Waals surface area (Å²) in [4.78, 5) is 28.0. The topological polar surface area (TPSA) is 99.0 Å².